The van der Waals surface area contributed by atoms with Gasteiger partial charge in [0.1, 0.15) is 0 Å². The molecule has 0 saturated heterocycles. The summed E-state index contributed by atoms with van der Waals surface area (Å²) in [5.74, 6) is 0. The highest BCUT2D eigenvalue weighted by atomic mass is 14.2. The molecular formula is C24H18. The van der Waals surface area contributed by atoms with E-state index in [1.807, 2.05) is 0 Å². The fourth-order valence-electron chi connectivity index (χ4n) is 3.99. The number of allylic oxidation sites excluding steroid dienone is 1. The van der Waals surface area contributed by atoms with Gasteiger partial charge < -0.3 is 0 Å². The van der Waals surface area contributed by atoms with E-state index in [9.17, 15) is 0 Å². The van der Waals surface area contributed by atoms with Crippen LogP contribution >= 0.6 is 0 Å². The Kier molecular flexibility index (Phi) is 2.87. The summed E-state index contributed by atoms with van der Waals surface area (Å²) in [6.07, 6.45) is 3.39. The molecule has 0 saturated carbocycles. The first-order valence-electron chi connectivity index (χ1n) is 8.51. The highest BCUT2D eigenvalue weighted by molar-refractivity contribution is 6.14. The van der Waals surface area contributed by atoms with E-state index >= 15 is 0 Å². The van der Waals surface area contributed by atoms with Crippen LogP contribution in [0.25, 0.3) is 33.2 Å². The summed E-state index contributed by atoms with van der Waals surface area (Å²) < 4.78 is 0. The van der Waals surface area contributed by atoms with Crippen LogP contribution in [0.2, 0.25) is 0 Å². The predicted molar refractivity (Wildman–Crippen MR) is 104 cm³/mol. The molecule has 0 heteroatoms. The highest BCUT2D eigenvalue weighted by Gasteiger charge is 2.17. The molecule has 0 fully saturated rings. The van der Waals surface area contributed by atoms with Crippen LogP contribution in [-0.4, -0.2) is 0 Å². The first-order valence-corrected chi connectivity index (χ1v) is 8.51. The van der Waals surface area contributed by atoms with Crippen LogP contribution in [0, 0.1) is 6.92 Å². The minimum absolute atomic E-state index is 1.03. The van der Waals surface area contributed by atoms with Gasteiger partial charge in [0.25, 0.3) is 0 Å². The van der Waals surface area contributed by atoms with Gasteiger partial charge in [-0.05, 0) is 62.7 Å². The topological polar surface area (TPSA) is 0 Å². The molecule has 1 aliphatic carbocycles. The van der Waals surface area contributed by atoms with Gasteiger partial charge in [0.05, 0.1) is 0 Å². The molecule has 0 unspecified atom stereocenters. The van der Waals surface area contributed by atoms with Crippen molar-refractivity contribution in [3.63, 3.8) is 0 Å². The van der Waals surface area contributed by atoms with E-state index in [1.54, 1.807) is 0 Å². The van der Waals surface area contributed by atoms with Crippen molar-refractivity contribution in [2.45, 2.75) is 13.3 Å². The van der Waals surface area contributed by atoms with Gasteiger partial charge in [0, 0.05) is 0 Å². The van der Waals surface area contributed by atoms with Crippen LogP contribution in [0.1, 0.15) is 22.3 Å². The lowest BCUT2D eigenvalue weighted by atomic mass is 9.91. The summed E-state index contributed by atoms with van der Waals surface area (Å²) in [5.41, 5.74) is 6.94. The lowest BCUT2D eigenvalue weighted by molar-refractivity contribution is 1.32. The number of rotatable bonds is 1. The Hall–Kier alpha value is -2.86. The van der Waals surface area contributed by atoms with Crippen molar-refractivity contribution in [1.82, 2.24) is 0 Å². The maximum absolute atomic E-state index is 2.36. The Balaban J connectivity index is 1.84. The van der Waals surface area contributed by atoms with Gasteiger partial charge in [0.15, 0.2) is 0 Å². The molecule has 24 heavy (non-hydrogen) atoms. The minimum Gasteiger partial charge on any atom is -0.0619 e. The van der Waals surface area contributed by atoms with Crippen LogP contribution in [0.15, 0.2) is 72.8 Å². The molecule has 0 bridgehead atoms. The molecule has 0 aromatic heterocycles. The molecule has 0 spiro atoms. The molecule has 4 aromatic carbocycles. The van der Waals surface area contributed by atoms with Crippen molar-refractivity contribution in [3.8, 4) is 0 Å². The quantitative estimate of drug-likeness (QED) is 0.357. The zero-order valence-corrected chi connectivity index (χ0v) is 13.7. The molecule has 0 nitrogen and oxygen atoms in total. The SMILES string of the molecule is Cc1ccc(C2=Cc3ccccc3C2)c2c1ccc1ccccc12. The third-order valence-corrected chi connectivity index (χ3v) is 5.23. The fraction of sp³-hybridized carbons (Fsp3) is 0.0833. The number of benzene rings is 4. The van der Waals surface area contributed by atoms with Crippen molar-refractivity contribution in [1.29, 1.82) is 0 Å². The predicted octanol–water partition coefficient (Wildman–Crippen LogP) is 6.40. The zero-order valence-electron chi connectivity index (χ0n) is 13.7. The summed E-state index contributed by atoms with van der Waals surface area (Å²) in [5, 5.41) is 5.42. The average molecular weight is 306 g/mol. The molecular weight excluding hydrogens is 288 g/mol. The maximum atomic E-state index is 2.36. The Bertz CT molecular complexity index is 1130. The van der Waals surface area contributed by atoms with Crippen molar-refractivity contribution >= 4 is 33.2 Å². The van der Waals surface area contributed by atoms with Crippen LogP contribution in [0.3, 0.4) is 0 Å². The minimum atomic E-state index is 1.03. The number of aryl methyl sites for hydroxylation is 1. The van der Waals surface area contributed by atoms with Crippen LogP contribution in [0.5, 0.6) is 0 Å². The summed E-state index contributed by atoms with van der Waals surface area (Å²) in [6, 6.07) is 26.5. The van der Waals surface area contributed by atoms with Gasteiger partial charge in [-0.15, -0.1) is 0 Å². The maximum Gasteiger partial charge on any atom is -0.00135 e. The van der Waals surface area contributed by atoms with E-state index in [4.69, 9.17) is 0 Å². The van der Waals surface area contributed by atoms with E-state index < -0.39 is 0 Å². The second kappa shape index (κ2) is 5.07. The van der Waals surface area contributed by atoms with Crippen LogP contribution in [-0.2, 0) is 6.42 Å². The smallest absolute Gasteiger partial charge is 0.00135 e. The summed E-state index contributed by atoms with van der Waals surface area (Å²) in [4.78, 5) is 0. The molecule has 0 aliphatic heterocycles. The number of hydrogen-bond donors (Lipinski definition) is 0. The van der Waals surface area contributed by atoms with Gasteiger partial charge in [-0.25, -0.2) is 0 Å². The molecule has 1 aliphatic rings. The Morgan fingerprint density at radius 1 is 0.708 bits per heavy atom. The standard InChI is InChI=1S/C24H18/c1-16-10-12-23(20-14-18-7-2-3-8-19(18)15-20)24-21(16)13-11-17-6-4-5-9-22(17)24/h2-14H,15H2,1H3. The lowest BCUT2D eigenvalue weighted by Gasteiger charge is -2.13. The fourth-order valence-corrected chi connectivity index (χ4v) is 3.99. The first-order chi connectivity index (χ1) is 11.8. The van der Waals surface area contributed by atoms with Gasteiger partial charge >= 0.3 is 0 Å². The van der Waals surface area contributed by atoms with E-state index in [0.717, 1.165) is 6.42 Å². The Labute approximate surface area is 142 Å². The average Bonchev–Trinajstić information content (AvgIpc) is 3.06. The normalized spacial score (nSPS) is 13.3. The lowest BCUT2D eigenvalue weighted by Crippen LogP contribution is -1.91. The second-order valence-electron chi connectivity index (χ2n) is 6.68. The van der Waals surface area contributed by atoms with Gasteiger partial charge in [-0.3, -0.25) is 0 Å². The molecule has 0 amide bonds. The van der Waals surface area contributed by atoms with E-state index in [-0.39, 0.29) is 0 Å². The Morgan fingerprint density at radius 2 is 1.54 bits per heavy atom. The number of hydrogen-bond acceptors (Lipinski definition) is 0. The van der Waals surface area contributed by atoms with E-state index in [2.05, 4.69) is 85.8 Å². The molecule has 0 heterocycles. The zero-order chi connectivity index (χ0) is 16.1. The van der Waals surface area contributed by atoms with Crippen molar-refractivity contribution in [2.24, 2.45) is 0 Å². The van der Waals surface area contributed by atoms with Crippen molar-refractivity contribution < 1.29 is 0 Å². The van der Waals surface area contributed by atoms with E-state index in [1.165, 1.54) is 49.4 Å². The van der Waals surface area contributed by atoms with E-state index in [0.29, 0.717) is 0 Å². The van der Waals surface area contributed by atoms with Crippen LogP contribution in [0.4, 0.5) is 0 Å². The Morgan fingerprint density at radius 3 is 2.46 bits per heavy atom. The molecule has 0 atom stereocenters. The first kappa shape index (κ1) is 13.6. The van der Waals surface area contributed by atoms with Crippen molar-refractivity contribution in [3.05, 3.63) is 95.1 Å². The third-order valence-electron chi connectivity index (χ3n) is 5.23. The van der Waals surface area contributed by atoms with Gasteiger partial charge in [-0.2, -0.15) is 0 Å². The monoisotopic (exact) mass is 306 g/mol. The summed E-state index contributed by atoms with van der Waals surface area (Å²) >= 11 is 0. The summed E-state index contributed by atoms with van der Waals surface area (Å²) in [6.45, 7) is 2.21. The van der Waals surface area contributed by atoms with Gasteiger partial charge in [-0.1, -0.05) is 78.9 Å². The van der Waals surface area contributed by atoms with Crippen LogP contribution < -0.4 is 0 Å². The molecule has 0 radical (unpaired) electrons. The molecule has 4 aromatic rings. The molecule has 114 valence electrons. The molecule has 0 N–H and O–H groups in total. The number of fused-ring (bicyclic) bond motifs is 4. The third kappa shape index (κ3) is 1.93. The molecule has 5 rings (SSSR count). The second-order valence-corrected chi connectivity index (χ2v) is 6.68. The summed E-state index contributed by atoms with van der Waals surface area (Å²) in [7, 11) is 0. The van der Waals surface area contributed by atoms with Gasteiger partial charge in [0.2, 0.25) is 0 Å². The highest BCUT2D eigenvalue weighted by Crippen LogP contribution is 2.38. The van der Waals surface area contributed by atoms with Crippen molar-refractivity contribution in [2.75, 3.05) is 0 Å². The largest absolute Gasteiger partial charge is 0.0619 e.